The standard InChI is InChI=1S/C15H23N2.C5H12/c1-15(2,3)10-7-11-17-12-16(4)13-8-5-6-9-14(13)17;1-5(2,3)4/h5-6,8-9,12H,7,10-11H2,1-4H3;1-4H3/q+1;. The summed E-state index contributed by atoms with van der Waals surface area (Å²) in [5.74, 6) is 0. The molecule has 0 radical (unpaired) electrons. The van der Waals surface area contributed by atoms with E-state index in [1.807, 2.05) is 0 Å². The highest BCUT2D eigenvalue weighted by molar-refractivity contribution is 5.71. The van der Waals surface area contributed by atoms with Crippen LogP contribution in [-0.4, -0.2) is 4.57 Å². The summed E-state index contributed by atoms with van der Waals surface area (Å²) in [6.07, 6.45) is 4.71. The Morgan fingerprint density at radius 1 is 0.955 bits per heavy atom. The van der Waals surface area contributed by atoms with Gasteiger partial charge in [0.05, 0.1) is 13.6 Å². The molecule has 1 aromatic heterocycles. The van der Waals surface area contributed by atoms with E-state index in [1.165, 1.54) is 23.9 Å². The molecule has 2 heteroatoms. The third-order valence-electron chi connectivity index (χ3n) is 3.21. The second kappa shape index (κ2) is 7.30. The molecule has 0 fully saturated rings. The summed E-state index contributed by atoms with van der Waals surface area (Å²) in [5.41, 5.74) is 3.58. The summed E-state index contributed by atoms with van der Waals surface area (Å²) in [6.45, 7) is 16.8. The topological polar surface area (TPSA) is 8.81 Å². The molecule has 22 heavy (non-hydrogen) atoms. The van der Waals surface area contributed by atoms with Crippen LogP contribution in [0.3, 0.4) is 0 Å². The van der Waals surface area contributed by atoms with Crippen molar-refractivity contribution in [3.05, 3.63) is 30.6 Å². The number of fused-ring (bicyclic) bond motifs is 1. The largest absolute Gasteiger partial charge is 0.244 e. The Labute approximate surface area is 137 Å². The minimum Gasteiger partial charge on any atom is -0.233 e. The molecule has 0 aliphatic rings. The lowest BCUT2D eigenvalue weighted by molar-refractivity contribution is -0.645. The van der Waals surface area contributed by atoms with Gasteiger partial charge >= 0.3 is 0 Å². The van der Waals surface area contributed by atoms with Gasteiger partial charge in [0.15, 0.2) is 11.0 Å². The predicted molar refractivity (Wildman–Crippen MR) is 96.9 cm³/mol. The van der Waals surface area contributed by atoms with Gasteiger partial charge in [0.1, 0.15) is 0 Å². The van der Waals surface area contributed by atoms with Crippen LogP contribution in [0.5, 0.6) is 0 Å². The van der Waals surface area contributed by atoms with Crippen LogP contribution in [0.15, 0.2) is 30.6 Å². The maximum atomic E-state index is 2.36. The average Bonchev–Trinajstić information content (AvgIpc) is 2.64. The zero-order valence-corrected chi connectivity index (χ0v) is 15.9. The first kappa shape index (κ1) is 18.7. The van der Waals surface area contributed by atoms with Gasteiger partial charge in [-0.3, -0.25) is 0 Å². The molecule has 2 nitrogen and oxygen atoms in total. The van der Waals surface area contributed by atoms with E-state index in [0.717, 1.165) is 6.54 Å². The zero-order chi connectivity index (χ0) is 17.0. The number of benzene rings is 1. The number of para-hydroxylation sites is 2. The van der Waals surface area contributed by atoms with Gasteiger partial charge in [0.25, 0.3) is 0 Å². The number of rotatable bonds is 3. The second-order valence-corrected chi connectivity index (χ2v) is 9.07. The molecule has 0 unspecified atom stereocenters. The molecule has 0 bridgehead atoms. The number of hydrogen-bond donors (Lipinski definition) is 0. The molecule has 2 aromatic rings. The van der Waals surface area contributed by atoms with Gasteiger partial charge < -0.3 is 0 Å². The highest BCUT2D eigenvalue weighted by Gasteiger charge is 2.14. The molecule has 0 saturated carbocycles. The molecule has 0 amide bonds. The highest BCUT2D eigenvalue weighted by atomic mass is 15.1. The number of nitrogens with zero attached hydrogens (tertiary/aromatic N) is 2. The van der Waals surface area contributed by atoms with Crippen LogP contribution < -0.4 is 4.57 Å². The van der Waals surface area contributed by atoms with Crippen LogP contribution in [0.25, 0.3) is 11.0 Å². The second-order valence-electron chi connectivity index (χ2n) is 9.07. The summed E-state index contributed by atoms with van der Waals surface area (Å²) < 4.78 is 4.56. The van der Waals surface area contributed by atoms with Crippen molar-refractivity contribution < 1.29 is 4.57 Å². The first-order valence-electron chi connectivity index (χ1n) is 8.41. The zero-order valence-electron chi connectivity index (χ0n) is 15.9. The number of aryl methyl sites for hydroxylation is 2. The van der Waals surface area contributed by atoms with E-state index in [0.29, 0.717) is 10.8 Å². The fraction of sp³-hybridized carbons (Fsp3) is 0.650. The highest BCUT2D eigenvalue weighted by Crippen LogP contribution is 2.21. The maximum Gasteiger partial charge on any atom is 0.244 e. The van der Waals surface area contributed by atoms with Crippen molar-refractivity contribution in [3.8, 4) is 0 Å². The minimum atomic E-state index is 0.436. The molecular weight excluding hydrogens is 268 g/mol. The van der Waals surface area contributed by atoms with Gasteiger partial charge in [-0.15, -0.1) is 0 Å². The van der Waals surface area contributed by atoms with E-state index in [4.69, 9.17) is 0 Å². The summed E-state index contributed by atoms with van der Waals surface area (Å²) in [5, 5.41) is 0. The monoisotopic (exact) mass is 303 g/mol. The summed E-state index contributed by atoms with van der Waals surface area (Å²) >= 11 is 0. The first-order valence-corrected chi connectivity index (χ1v) is 8.41. The molecule has 0 aliphatic heterocycles. The molecule has 124 valence electrons. The van der Waals surface area contributed by atoms with E-state index < -0.39 is 0 Å². The fourth-order valence-corrected chi connectivity index (χ4v) is 2.30. The first-order chi connectivity index (χ1) is 9.97. The maximum absolute atomic E-state index is 2.36. The lowest BCUT2D eigenvalue weighted by Gasteiger charge is -2.16. The SMILES string of the molecule is CC(C)(C)C.C[n+]1cn(CCCC(C)(C)C)c2ccccc21. The Balaban J connectivity index is 0.000000422. The fourth-order valence-electron chi connectivity index (χ4n) is 2.30. The van der Waals surface area contributed by atoms with E-state index in [2.05, 4.69) is 95.2 Å². The molecule has 0 spiro atoms. The van der Waals surface area contributed by atoms with Gasteiger partial charge in [0, 0.05) is 0 Å². The quantitative estimate of drug-likeness (QED) is 0.676. The van der Waals surface area contributed by atoms with E-state index in [-0.39, 0.29) is 0 Å². The van der Waals surface area contributed by atoms with Crippen LogP contribution in [0, 0.1) is 10.8 Å². The Kier molecular flexibility index (Phi) is 6.22. The lowest BCUT2D eigenvalue weighted by atomic mass is 9.91. The van der Waals surface area contributed by atoms with E-state index in [9.17, 15) is 0 Å². The van der Waals surface area contributed by atoms with Crippen molar-refractivity contribution in [3.63, 3.8) is 0 Å². The van der Waals surface area contributed by atoms with Gasteiger partial charge in [-0.2, -0.15) is 0 Å². The van der Waals surface area contributed by atoms with E-state index in [1.54, 1.807) is 0 Å². The summed E-state index contributed by atoms with van der Waals surface area (Å²) in [7, 11) is 2.11. The Bertz CT molecular complexity index is 574. The number of hydrogen-bond acceptors (Lipinski definition) is 0. The number of imidazole rings is 1. The normalized spacial score (nSPS) is 12.2. The smallest absolute Gasteiger partial charge is 0.233 e. The van der Waals surface area contributed by atoms with Crippen LogP contribution in [0.1, 0.15) is 61.3 Å². The van der Waals surface area contributed by atoms with Gasteiger partial charge in [-0.05, 0) is 35.8 Å². The van der Waals surface area contributed by atoms with Crippen molar-refractivity contribution in [1.29, 1.82) is 0 Å². The van der Waals surface area contributed by atoms with Crippen LogP contribution in [0.4, 0.5) is 0 Å². The van der Waals surface area contributed by atoms with Crippen molar-refractivity contribution in [2.75, 3.05) is 0 Å². The van der Waals surface area contributed by atoms with Gasteiger partial charge in [-0.25, -0.2) is 9.13 Å². The third-order valence-corrected chi connectivity index (χ3v) is 3.21. The van der Waals surface area contributed by atoms with E-state index >= 15 is 0 Å². The number of aromatic nitrogens is 2. The average molecular weight is 304 g/mol. The van der Waals surface area contributed by atoms with Crippen LogP contribution in [0.2, 0.25) is 0 Å². The molecule has 1 heterocycles. The van der Waals surface area contributed by atoms with Crippen molar-refractivity contribution in [2.24, 2.45) is 17.9 Å². The van der Waals surface area contributed by atoms with Crippen molar-refractivity contribution >= 4 is 11.0 Å². The molecule has 2 rings (SSSR count). The van der Waals surface area contributed by atoms with Crippen LogP contribution >= 0.6 is 0 Å². The lowest BCUT2D eigenvalue weighted by Crippen LogP contribution is -2.25. The Hall–Kier alpha value is -1.31. The molecule has 0 saturated heterocycles. The minimum absolute atomic E-state index is 0.436. The Morgan fingerprint density at radius 2 is 1.50 bits per heavy atom. The summed E-state index contributed by atoms with van der Waals surface area (Å²) in [6, 6.07) is 8.59. The Morgan fingerprint density at radius 3 is 2.05 bits per heavy atom. The molecule has 0 aliphatic carbocycles. The molecule has 0 atom stereocenters. The summed E-state index contributed by atoms with van der Waals surface area (Å²) in [4.78, 5) is 0. The van der Waals surface area contributed by atoms with Crippen molar-refractivity contribution in [1.82, 2.24) is 4.57 Å². The molecule has 1 aromatic carbocycles. The third kappa shape index (κ3) is 7.11. The van der Waals surface area contributed by atoms with Gasteiger partial charge in [-0.1, -0.05) is 60.6 Å². The molecular formula is C20H35N2+. The van der Waals surface area contributed by atoms with Crippen molar-refractivity contribution in [2.45, 2.75) is 67.9 Å². The van der Waals surface area contributed by atoms with Gasteiger partial charge in [0.2, 0.25) is 6.33 Å². The predicted octanol–water partition coefficient (Wildman–Crippen LogP) is 5.34. The van der Waals surface area contributed by atoms with Crippen LogP contribution in [-0.2, 0) is 13.6 Å². The molecule has 0 N–H and O–H groups in total.